The molecule has 12 heteroatoms. The van der Waals surface area contributed by atoms with Crippen LogP contribution in [0.4, 0.5) is 5.82 Å². The van der Waals surface area contributed by atoms with E-state index in [1.807, 2.05) is 6.92 Å². The Bertz CT molecular complexity index is 874. The number of nitrogens with zero attached hydrogens (tertiary/aromatic N) is 4. The molecule has 0 aromatic carbocycles. The molecule has 3 rings (SSSR count). The van der Waals surface area contributed by atoms with Crippen LogP contribution in [0.2, 0.25) is 0 Å². The van der Waals surface area contributed by atoms with Crippen molar-refractivity contribution in [2.24, 2.45) is 5.92 Å². The van der Waals surface area contributed by atoms with E-state index in [-0.39, 0.29) is 18.4 Å². The van der Waals surface area contributed by atoms with Gasteiger partial charge in [-0.25, -0.2) is 19.7 Å². The van der Waals surface area contributed by atoms with Crippen molar-refractivity contribution < 1.29 is 29.6 Å². The minimum Gasteiger partial charge on any atom is -0.480 e. The van der Waals surface area contributed by atoms with E-state index in [1.165, 1.54) is 13.3 Å². The van der Waals surface area contributed by atoms with Crippen molar-refractivity contribution in [2.75, 3.05) is 12.3 Å². The van der Waals surface area contributed by atoms with Gasteiger partial charge in [-0.05, 0) is 5.92 Å². The summed E-state index contributed by atoms with van der Waals surface area (Å²) in [4.78, 5) is 33.3. The number of nitrogens with one attached hydrogen (secondary N) is 1. The van der Waals surface area contributed by atoms with Gasteiger partial charge in [0.15, 0.2) is 11.5 Å². The predicted molar refractivity (Wildman–Crippen MR) is 106 cm³/mol. The van der Waals surface area contributed by atoms with Crippen LogP contribution in [0.25, 0.3) is 11.2 Å². The van der Waals surface area contributed by atoms with Crippen LogP contribution >= 0.6 is 0 Å². The van der Waals surface area contributed by atoms with Crippen LogP contribution in [-0.4, -0.2) is 71.6 Å². The molecule has 6 N–H and O–H groups in total. The summed E-state index contributed by atoms with van der Waals surface area (Å²) < 4.78 is 7.22. The van der Waals surface area contributed by atoms with Crippen LogP contribution in [-0.2, 0) is 14.3 Å². The highest BCUT2D eigenvalue weighted by molar-refractivity contribution is 5.82. The monoisotopic (exact) mass is 424 g/mol. The fraction of sp³-hybridized carbons (Fsp3) is 0.611. The molecule has 30 heavy (non-hydrogen) atoms. The maximum atomic E-state index is 10.6. The lowest BCUT2D eigenvalue weighted by molar-refractivity contribution is -0.143. The Morgan fingerprint density at radius 3 is 2.63 bits per heavy atom. The van der Waals surface area contributed by atoms with E-state index in [0.717, 1.165) is 6.42 Å². The number of hydrogen-bond acceptors (Lipinski definition) is 9. The van der Waals surface area contributed by atoms with Crippen LogP contribution in [0.3, 0.4) is 0 Å². The largest absolute Gasteiger partial charge is 0.480 e. The third-order valence-electron chi connectivity index (χ3n) is 4.92. The van der Waals surface area contributed by atoms with E-state index in [0.29, 0.717) is 23.4 Å². The number of amides is 1. The molecule has 1 aliphatic rings. The van der Waals surface area contributed by atoms with Gasteiger partial charge in [-0.2, -0.15) is 0 Å². The molecule has 0 aliphatic carbocycles. The van der Waals surface area contributed by atoms with Gasteiger partial charge in [0.2, 0.25) is 5.91 Å². The number of carbonyl (C=O) groups is 2. The Kier molecular flexibility index (Phi) is 8.03. The highest BCUT2D eigenvalue weighted by Gasteiger charge is 2.35. The summed E-state index contributed by atoms with van der Waals surface area (Å²) in [5.41, 5.74) is 6.75. The maximum Gasteiger partial charge on any atom is 0.326 e. The van der Waals surface area contributed by atoms with Crippen molar-refractivity contribution in [1.29, 1.82) is 0 Å². The predicted octanol–water partition coefficient (Wildman–Crippen LogP) is -0.329. The summed E-state index contributed by atoms with van der Waals surface area (Å²) >= 11 is 0. The summed E-state index contributed by atoms with van der Waals surface area (Å²) in [6, 6.07) is -0.757. The molecule has 1 aliphatic heterocycles. The number of fused-ring (bicyclic) bond motifs is 1. The van der Waals surface area contributed by atoms with E-state index in [9.17, 15) is 14.7 Å². The number of carbonyl (C=O) groups excluding carboxylic acids is 1. The number of nitrogen functional groups attached to an aromatic ring is 1. The Balaban J connectivity index is 0.000000235. The molecular weight excluding hydrogens is 396 g/mol. The SMILES string of the molecule is CCC(C)C(NC(C)=O)C(=O)O.Nc1ncnc2c1ncn2[C@H]1C[C@H](O)[C@@H](CO)O1. The Morgan fingerprint density at radius 1 is 1.40 bits per heavy atom. The molecule has 0 bridgehead atoms. The fourth-order valence-corrected chi connectivity index (χ4v) is 3.03. The second-order valence-electron chi connectivity index (χ2n) is 7.10. The number of aliphatic hydroxyl groups is 2. The quantitative estimate of drug-likeness (QED) is 0.411. The van der Waals surface area contributed by atoms with E-state index in [4.69, 9.17) is 20.7 Å². The first-order valence-corrected chi connectivity index (χ1v) is 9.56. The molecule has 2 aromatic heterocycles. The molecule has 2 aromatic rings. The number of aliphatic carboxylic acids is 1. The Morgan fingerprint density at radius 2 is 2.10 bits per heavy atom. The Labute approximate surface area is 173 Å². The first-order valence-electron chi connectivity index (χ1n) is 9.56. The maximum absolute atomic E-state index is 10.6. The van der Waals surface area contributed by atoms with Crippen molar-refractivity contribution in [3.8, 4) is 0 Å². The molecule has 166 valence electrons. The number of hydrogen-bond donors (Lipinski definition) is 5. The van der Waals surface area contributed by atoms with Crippen LogP contribution in [0.1, 0.15) is 39.8 Å². The first kappa shape index (κ1) is 23.4. The number of imidazole rings is 1. The topological polar surface area (TPSA) is 186 Å². The number of carboxylic acids is 1. The van der Waals surface area contributed by atoms with Crippen LogP contribution < -0.4 is 11.1 Å². The van der Waals surface area contributed by atoms with Crippen molar-refractivity contribution in [3.63, 3.8) is 0 Å². The molecular formula is C18H28N6O6. The number of nitrogens with two attached hydrogens (primary N) is 1. The summed E-state index contributed by atoms with van der Waals surface area (Å²) in [6.07, 6.45) is 2.33. The minimum absolute atomic E-state index is 0.0357. The van der Waals surface area contributed by atoms with Crippen LogP contribution in [0.5, 0.6) is 0 Å². The average Bonchev–Trinajstić information content (AvgIpc) is 3.29. The summed E-state index contributed by atoms with van der Waals surface area (Å²) in [7, 11) is 0. The number of carboxylic acid groups (broad SMARTS) is 1. The molecule has 1 amide bonds. The number of anilines is 1. The van der Waals surface area contributed by atoms with Gasteiger partial charge in [0.1, 0.15) is 30.2 Å². The second kappa shape index (κ2) is 10.3. The zero-order chi connectivity index (χ0) is 22.4. The standard InChI is InChI=1S/C10H13N5O3.C8H15NO3/c11-9-8-10(13-3-12-9)15(4-14-8)7-1-5(17)6(2-16)18-7;1-4-5(2)7(8(11)12)9-6(3)10/h3-7,16-17H,1-2H2,(H2,11,12,13);5,7H,4H2,1-3H3,(H,9,10)(H,11,12)/t5-,6+,7+;/m0./s1. The zero-order valence-electron chi connectivity index (χ0n) is 17.1. The molecule has 0 spiro atoms. The lowest BCUT2D eigenvalue weighted by atomic mass is 9.99. The summed E-state index contributed by atoms with van der Waals surface area (Å²) in [5, 5.41) is 29.9. The molecule has 5 atom stereocenters. The summed E-state index contributed by atoms with van der Waals surface area (Å²) in [5.74, 6) is -1.01. The van der Waals surface area contributed by atoms with Gasteiger partial charge in [-0.3, -0.25) is 9.36 Å². The van der Waals surface area contributed by atoms with Crippen LogP contribution in [0.15, 0.2) is 12.7 Å². The highest BCUT2D eigenvalue weighted by Crippen LogP contribution is 2.31. The molecule has 3 heterocycles. The third kappa shape index (κ3) is 5.40. The number of aromatic nitrogens is 4. The third-order valence-corrected chi connectivity index (χ3v) is 4.92. The van der Waals surface area contributed by atoms with E-state index < -0.39 is 30.4 Å². The van der Waals surface area contributed by atoms with E-state index in [1.54, 1.807) is 17.8 Å². The van der Waals surface area contributed by atoms with E-state index >= 15 is 0 Å². The van der Waals surface area contributed by atoms with Crippen molar-refractivity contribution in [2.45, 2.75) is 58.1 Å². The van der Waals surface area contributed by atoms with E-state index in [2.05, 4.69) is 20.3 Å². The smallest absolute Gasteiger partial charge is 0.326 e. The summed E-state index contributed by atoms with van der Waals surface area (Å²) in [6.45, 7) is 4.79. The number of rotatable bonds is 6. The molecule has 1 saturated heterocycles. The average molecular weight is 424 g/mol. The van der Waals surface area contributed by atoms with Crippen molar-refractivity contribution in [1.82, 2.24) is 24.8 Å². The Hall–Kier alpha value is -2.83. The van der Waals surface area contributed by atoms with Crippen LogP contribution in [0, 0.1) is 5.92 Å². The molecule has 12 nitrogen and oxygen atoms in total. The normalized spacial score (nSPS) is 22.8. The second-order valence-corrected chi connectivity index (χ2v) is 7.10. The fourth-order valence-electron chi connectivity index (χ4n) is 3.03. The van der Waals surface area contributed by atoms with Crippen molar-refractivity contribution >= 4 is 28.9 Å². The van der Waals surface area contributed by atoms with Gasteiger partial charge in [0.25, 0.3) is 0 Å². The molecule has 2 unspecified atom stereocenters. The van der Waals surface area contributed by atoms with Gasteiger partial charge in [-0.1, -0.05) is 20.3 Å². The number of aliphatic hydroxyl groups excluding tert-OH is 2. The first-order chi connectivity index (χ1) is 14.2. The van der Waals surface area contributed by atoms with Gasteiger partial charge in [-0.15, -0.1) is 0 Å². The van der Waals surface area contributed by atoms with Crippen molar-refractivity contribution in [3.05, 3.63) is 12.7 Å². The molecule has 0 saturated carbocycles. The van der Waals surface area contributed by atoms with Gasteiger partial charge in [0.05, 0.1) is 19.0 Å². The molecule has 1 fully saturated rings. The number of ether oxygens (including phenoxy) is 1. The lowest BCUT2D eigenvalue weighted by Gasteiger charge is -2.18. The lowest BCUT2D eigenvalue weighted by Crippen LogP contribution is -2.43. The van der Waals surface area contributed by atoms with Gasteiger partial charge < -0.3 is 31.1 Å². The van der Waals surface area contributed by atoms with Gasteiger partial charge in [0, 0.05) is 13.3 Å². The highest BCUT2D eigenvalue weighted by atomic mass is 16.5. The minimum atomic E-state index is -0.973. The van der Waals surface area contributed by atoms with Gasteiger partial charge >= 0.3 is 5.97 Å². The zero-order valence-corrected chi connectivity index (χ0v) is 17.1. The molecule has 0 radical (unpaired) electrons.